The van der Waals surface area contributed by atoms with Crippen LogP contribution in [0.2, 0.25) is 0 Å². The lowest BCUT2D eigenvalue weighted by Crippen LogP contribution is -2.17. The molecule has 178 valence electrons. The summed E-state index contributed by atoms with van der Waals surface area (Å²) in [6.07, 6.45) is -1.91. The minimum absolute atomic E-state index is 0.00524. The minimum atomic E-state index is -5.06. The van der Waals surface area contributed by atoms with E-state index in [2.05, 4.69) is 4.74 Å². The van der Waals surface area contributed by atoms with Gasteiger partial charge in [-0.3, -0.25) is 0 Å². The summed E-state index contributed by atoms with van der Waals surface area (Å²) in [5, 5.41) is 0. The van der Waals surface area contributed by atoms with Gasteiger partial charge in [0.2, 0.25) is 0 Å². The topological polar surface area (TPSA) is 9.23 Å². The number of hydrogen-bond acceptors (Lipinski definition) is 1. The molecule has 4 rings (SSSR count). The Hall–Kier alpha value is -3.29. The lowest BCUT2D eigenvalue weighted by molar-refractivity contribution is -0.275. The standard InChI is InChI=1S/C26H19F7O/c1-2-3-14-10-21(28)24(22(29)11-14)17-5-8-18-15(12-17)4-7-19(25(18)30)16-6-9-23(20(27)13-16)34-26(31,32)33/h4,6-7,9-13H,2-3,5,8H2,1H3. The highest BCUT2D eigenvalue weighted by Crippen LogP contribution is 2.38. The maximum Gasteiger partial charge on any atom is 0.573 e. The van der Waals surface area contributed by atoms with Gasteiger partial charge in [0.1, 0.15) is 17.5 Å². The largest absolute Gasteiger partial charge is 0.573 e. The van der Waals surface area contributed by atoms with Crippen molar-refractivity contribution < 1.29 is 35.5 Å². The molecule has 0 spiro atoms. The minimum Gasteiger partial charge on any atom is -0.403 e. The second kappa shape index (κ2) is 9.16. The number of benzene rings is 3. The Labute approximate surface area is 191 Å². The van der Waals surface area contributed by atoms with Crippen LogP contribution in [-0.2, 0) is 12.8 Å². The molecule has 0 bridgehead atoms. The molecule has 0 heterocycles. The van der Waals surface area contributed by atoms with Gasteiger partial charge in [0.25, 0.3) is 0 Å². The third-order valence-corrected chi connectivity index (χ3v) is 5.68. The smallest absolute Gasteiger partial charge is 0.403 e. The van der Waals surface area contributed by atoms with Crippen molar-refractivity contribution in [2.75, 3.05) is 0 Å². The predicted molar refractivity (Wildman–Crippen MR) is 115 cm³/mol. The van der Waals surface area contributed by atoms with Crippen LogP contribution in [0, 0.1) is 23.3 Å². The third-order valence-electron chi connectivity index (χ3n) is 5.68. The summed E-state index contributed by atoms with van der Waals surface area (Å²) in [5.41, 5.74) is 1.56. The molecule has 3 aromatic rings. The molecule has 1 nitrogen and oxygen atoms in total. The molecule has 0 fully saturated rings. The van der Waals surface area contributed by atoms with E-state index in [1.807, 2.05) is 6.92 Å². The molecule has 34 heavy (non-hydrogen) atoms. The Bertz CT molecular complexity index is 1250. The molecule has 1 aliphatic carbocycles. The van der Waals surface area contributed by atoms with E-state index in [0.717, 1.165) is 24.6 Å². The molecule has 8 heteroatoms. The number of hydrogen-bond donors (Lipinski definition) is 0. The normalized spacial score (nSPS) is 13.5. The van der Waals surface area contributed by atoms with Crippen LogP contribution in [0.3, 0.4) is 0 Å². The molecule has 0 N–H and O–H groups in total. The highest BCUT2D eigenvalue weighted by Gasteiger charge is 2.32. The zero-order chi connectivity index (χ0) is 24.6. The molecule has 0 unspecified atom stereocenters. The lowest BCUT2D eigenvalue weighted by atomic mass is 9.85. The predicted octanol–water partition coefficient (Wildman–Crippen LogP) is 8.25. The number of aryl methyl sites for hydroxylation is 1. The van der Waals surface area contributed by atoms with Crippen molar-refractivity contribution in [3.63, 3.8) is 0 Å². The van der Waals surface area contributed by atoms with Crippen molar-refractivity contribution in [1.82, 2.24) is 0 Å². The fourth-order valence-electron chi connectivity index (χ4n) is 4.21. The van der Waals surface area contributed by atoms with E-state index >= 15 is 4.39 Å². The van der Waals surface area contributed by atoms with Crippen molar-refractivity contribution in [2.24, 2.45) is 0 Å². The maximum absolute atomic E-state index is 15.3. The van der Waals surface area contributed by atoms with E-state index in [1.54, 1.807) is 0 Å². The molecule has 0 amide bonds. The molecule has 0 saturated heterocycles. The Morgan fingerprint density at radius 2 is 1.56 bits per heavy atom. The first kappa shape index (κ1) is 23.9. The first-order valence-electron chi connectivity index (χ1n) is 10.6. The summed E-state index contributed by atoms with van der Waals surface area (Å²) < 4.78 is 99.3. The second-order valence-electron chi connectivity index (χ2n) is 8.04. The van der Waals surface area contributed by atoms with Gasteiger partial charge in [-0.1, -0.05) is 37.6 Å². The van der Waals surface area contributed by atoms with E-state index in [0.29, 0.717) is 23.1 Å². The monoisotopic (exact) mass is 480 g/mol. The van der Waals surface area contributed by atoms with Gasteiger partial charge in [-0.15, -0.1) is 13.2 Å². The van der Waals surface area contributed by atoms with Gasteiger partial charge in [-0.25, -0.2) is 17.6 Å². The van der Waals surface area contributed by atoms with Crippen LogP contribution in [0.4, 0.5) is 30.7 Å². The van der Waals surface area contributed by atoms with Crippen LogP contribution in [0.25, 0.3) is 22.8 Å². The summed E-state index contributed by atoms with van der Waals surface area (Å²) in [5.74, 6) is -4.32. The summed E-state index contributed by atoms with van der Waals surface area (Å²) in [7, 11) is 0. The number of alkyl halides is 3. The average molecular weight is 480 g/mol. The first-order chi connectivity index (χ1) is 16.1. The quantitative estimate of drug-likeness (QED) is 0.334. The zero-order valence-electron chi connectivity index (χ0n) is 18.0. The molecule has 0 aliphatic heterocycles. The number of halogens is 7. The maximum atomic E-state index is 15.3. The van der Waals surface area contributed by atoms with Gasteiger partial charge in [0, 0.05) is 11.1 Å². The van der Waals surface area contributed by atoms with Crippen molar-refractivity contribution in [1.29, 1.82) is 0 Å². The summed E-state index contributed by atoms with van der Waals surface area (Å²) in [6, 6.07) is 8.17. The Kier molecular flexibility index (Phi) is 6.43. The summed E-state index contributed by atoms with van der Waals surface area (Å²) in [6.45, 7) is 1.91. The lowest BCUT2D eigenvalue weighted by Gasteiger charge is -2.20. The van der Waals surface area contributed by atoms with E-state index < -0.39 is 35.4 Å². The van der Waals surface area contributed by atoms with Gasteiger partial charge in [0.05, 0.1) is 0 Å². The molecular formula is C26H19F7O. The Morgan fingerprint density at radius 3 is 2.18 bits per heavy atom. The third kappa shape index (κ3) is 4.81. The molecular weight excluding hydrogens is 461 g/mol. The van der Waals surface area contributed by atoms with Crippen molar-refractivity contribution in [2.45, 2.75) is 39.0 Å². The molecule has 0 atom stereocenters. The first-order valence-corrected chi connectivity index (χ1v) is 10.6. The summed E-state index contributed by atoms with van der Waals surface area (Å²) in [4.78, 5) is 0. The number of fused-ring (bicyclic) bond motifs is 1. The van der Waals surface area contributed by atoms with Crippen LogP contribution in [0.1, 0.15) is 42.0 Å². The van der Waals surface area contributed by atoms with Crippen molar-refractivity contribution in [3.05, 3.63) is 88.0 Å². The van der Waals surface area contributed by atoms with Crippen molar-refractivity contribution >= 4 is 11.6 Å². The Morgan fingerprint density at radius 1 is 0.853 bits per heavy atom. The van der Waals surface area contributed by atoms with E-state index in [4.69, 9.17) is 0 Å². The highest BCUT2D eigenvalue weighted by atomic mass is 19.4. The van der Waals surface area contributed by atoms with Crippen LogP contribution in [0.15, 0.2) is 42.5 Å². The van der Waals surface area contributed by atoms with E-state index in [1.165, 1.54) is 30.3 Å². The molecule has 0 saturated carbocycles. The van der Waals surface area contributed by atoms with E-state index in [-0.39, 0.29) is 35.1 Å². The average Bonchev–Trinajstić information content (AvgIpc) is 2.74. The molecule has 0 radical (unpaired) electrons. The highest BCUT2D eigenvalue weighted by molar-refractivity contribution is 5.86. The zero-order valence-corrected chi connectivity index (χ0v) is 18.0. The number of ether oxygens (including phenoxy) is 1. The van der Waals surface area contributed by atoms with Crippen LogP contribution in [0.5, 0.6) is 5.75 Å². The van der Waals surface area contributed by atoms with Gasteiger partial charge in [-0.05, 0) is 71.4 Å². The fourth-order valence-corrected chi connectivity index (χ4v) is 4.21. The molecule has 0 aromatic heterocycles. The SMILES string of the molecule is CCCc1cc(F)c(C2=Cc3ccc(-c4ccc(OC(F)(F)F)c(F)c4)c(F)c3CC2)c(F)c1. The van der Waals surface area contributed by atoms with Gasteiger partial charge in [0.15, 0.2) is 11.6 Å². The summed E-state index contributed by atoms with van der Waals surface area (Å²) >= 11 is 0. The number of rotatable bonds is 5. The van der Waals surface area contributed by atoms with E-state index in [9.17, 15) is 26.3 Å². The van der Waals surface area contributed by atoms with Crippen LogP contribution >= 0.6 is 0 Å². The van der Waals surface area contributed by atoms with Crippen LogP contribution < -0.4 is 4.74 Å². The van der Waals surface area contributed by atoms with Gasteiger partial charge < -0.3 is 4.74 Å². The number of allylic oxidation sites excluding steroid dienone is 1. The van der Waals surface area contributed by atoms with Gasteiger partial charge >= 0.3 is 6.36 Å². The molecule has 1 aliphatic rings. The Balaban J connectivity index is 1.68. The van der Waals surface area contributed by atoms with Crippen LogP contribution in [-0.4, -0.2) is 6.36 Å². The molecule has 3 aromatic carbocycles. The van der Waals surface area contributed by atoms with Gasteiger partial charge in [-0.2, -0.15) is 0 Å². The fraction of sp³-hybridized carbons (Fsp3) is 0.231. The second-order valence-corrected chi connectivity index (χ2v) is 8.04. The van der Waals surface area contributed by atoms with Crippen molar-refractivity contribution in [3.8, 4) is 16.9 Å².